The molecule has 0 aliphatic heterocycles. The molecule has 2 heterocycles. The highest BCUT2D eigenvalue weighted by molar-refractivity contribution is 4.96. The first-order valence-electron chi connectivity index (χ1n) is 5.89. The average Bonchev–Trinajstić information content (AvgIpc) is 2.94. The SMILES string of the molecule is CCc1noc(CCC(C)c2nnc(C)[nH]2)n1. The Hall–Kier alpha value is -1.72. The maximum absolute atomic E-state index is 5.14. The van der Waals surface area contributed by atoms with Gasteiger partial charge in [-0.25, -0.2) is 0 Å². The van der Waals surface area contributed by atoms with Crippen molar-refractivity contribution in [1.82, 2.24) is 25.3 Å². The molecule has 1 N–H and O–H groups in total. The Balaban J connectivity index is 1.89. The van der Waals surface area contributed by atoms with Crippen LogP contribution in [-0.4, -0.2) is 25.3 Å². The van der Waals surface area contributed by atoms with Gasteiger partial charge in [0.1, 0.15) is 11.6 Å². The lowest BCUT2D eigenvalue weighted by Gasteiger charge is -2.04. The molecule has 0 radical (unpaired) electrons. The number of hydrogen-bond donors (Lipinski definition) is 1. The van der Waals surface area contributed by atoms with Crippen molar-refractivity contribution in [2.75, 3.05) is 0 Å². The van der Waals surface area contributed by atoms with Crippen LogP contribution in [0.2, 0.25) is 0 Å². The molecular formula is C11H17N5O. The smallest absolute Gasteiger partial charge is 0.226 e. The van der Waals surface area contributed by atoms with Crippen LogP contribution in [0.1, 0.15) is 49.6 Å². The number of aromatic amines is 1. The fourth-order valence-corrected chi connectivity index (χ4v) is 1.60. The summed E-state index contributed by atoms with van der Waals surface area (Å²) in [5.74, 6) is 3.54. The molecule has 0 saturated carbocycles. The molecule has 0 aliphatic rings. The summed E-state index contributed by atoms with van der Waals surface area (Å²) < 4.78 is 5.14. The first-order valence-corrected chi connectivity index (χ1v) is 5.89. The first-order chi connectivity index (χ1) is 8.19. The van der Waals surface area contributed by atoms with Crippen LogP contribution in [0.15, 0.2) is 4.52 Å². The summed E-state index contributed by atoms with van der Waals surface area (Å²) in [7, 11) is 0. The number of hydrogen-bond acceptors (Lipinski definition) is 5. The lowest BCUT2D eigenvalue weighted by molar-refractivity contribution is 0.367. The fraction of sp³-hybridized carbons (Fsp3) is 0.636. The van der Waals surface area contributed by atoms with Gasteiger partial charge in [0.25, 0.3) is 0 Å². The van der Waals surface area contributed by atoms with E-state index in [0.29, 0.717) is 11.8 Å². The highest BCUT2D eigenvalue weighted by Gasteiger charge is 2.12. The van der Waals surface area contributed by atoms with E-state index in [-0.39, 0.29) is 0 Å². The van der Waals surface area contributed by atoms with E-state index in [1.807, 2.05) is 13.8 Å². The summed E-state index contributed by atoms with van der Waals surface area (Å²) in [6.45, 7) is 6.01. The molecule has 0 aliphatic carbocycles. The number of H-pyrrole nitrogens is 1. The van der Waals surface area contributed by atoms with E-state index in [2.05, 4.69) is 32.2 Å². The molecule has 6 nitrogen and oxygen atoms in total. The van der Waals surface area contributed by atoms with Gasteiger partial charge in [0.15, 0.2) is 5.82 Å². The van der Waals surface area contributed by atoms with Gasteiger partial charge in [0.05, 0.1) is 0 Å². The van der Waals surface area contributed by atoms with Crippen LogP contribution in [0, 0.1) is 6.92 Å². The molecule has 0 aromatic carbocycles. The summed E-state index contributed by atoms with van der Waals surface area (Å²) >= 11 is 0. The number of nitrogens with one attached hydrogen (secondary N) is 1. The van der Waals surface area contributed by atoms with Gasteiger partial charge in [-0.2, -0.15) is 4.98 Å². The van der Waals surface area contributed by atoms with Crippen molar-refractivity contribution in [2.45, 2.75) is 46.0 Å². The summed E-state index contributed by atoms with van der Waals surface area (Å²) in [5.41, 5.74) is 0. The summed E-state index contributed by atoms with van der Waals surface area (Å²) in [4.78, 5) is 7.42. The predicted molar refractivity (Wildman–Crippen MR) is 61.5 cm³/mol. The monoisotopic (exact) mass is 235 g/mol. The number of aryl methyl sites for hydroxylation is 3. The van der Waals surface area contributed by atoms with E-state index in [4.69, 9.17) is 4.52 Å². The minimum Gasteiger partial charge on any atom is -0.339 e. The van der Waals surface area contributed by atoms with Gasteiger partial charge in [0.2, 0.25) is 5.89 Å². The summed E-state index contributed by atoms with van der Waals surface area (Å²) in [6.07, 6.45) is 2.49. The van der Waals surface area contributed by atoms with Gasteiger partial charge in [-0.15, -0.1) is 10.2 Å². The molecule has 1 unspecified atom stereocenters. The zero-order valence-corrected chi connectivity index (χ0v) is 10.4. The van der Waals surface area contributed by atoms with Crippen LogP contribution >= 0.6 is 0 Å². The van der Waals surface area contributed by atoms with Crippen molar-refractivity contribution in [3.63, 3.8) is 0 Å². The van der Waals surface area contributed by atoms with E-state index in [1.54, 1.807) is 0 Å². The van der Waals surface area contributed by atoms with Crippen molar-refractivity contribution >= 4 is 0 Å². The van der Waals surface area contributed by atoms with Crippen molar-refractivity contribution in [2.24, 2.45) is 0 Å². The molecule has 17 heavy (non-hydrogen) atoms. The van der Waals surface area contributed by atoms with Crippen LogP contribution < -0.4 is 0 Å². The number of aromatic nitrogens is 5. The van der Waals surface area contributed by atoms with E-state index < -0.39 is 0 Å². The predicted octanol–water partition coefficient (Wildman–Crippen LogP) is 1.79. The summed E-state index contributed by atoms with van der Waals surface area (Å²) in [5, 5.41) is 11.9. The molecule has 2 aromatic rings. The molecular weight excluding hydrogens is 218 g/mol. The van der Waals surface area contributed by atoms with Crippen LogP contribution in [0.5, 0.6) is 0 Å². The molecule has 92 valence electrons. The fourth-order valence-electron chi connectivity index (χ4n) is 1.60. The molecule has 2 aromatic heterocycles. The first kappa shape index (κ1) is 11.8. The second-order valence-corrected chi connectivity index (χ2v) is 4.19. The van der Waals surface area contributed by atoms with E-state index in [0.717, 1.165) is 36.7 Å². The van der Waals surface area contributed by atoms with Gasteiger partial charge in [0, 0.05) is 18.8 Å². The molecule has 2 rings (SSSR count). The standard InChI is InChI=1S/C11H17N5O/c1-4-9-13-10(17-16-9)6-5-7(2)11-12-8(3)14-15-11/h7H,4-6H2,1-3H3,(H,12,14,15). The molecule has 0 bridgehead atoms. The third-order valence-electron chi connectivity index (χ3n) is 2.70. The maximum atomic E-state index is 5.14. The van der Waals surface area contributed by atoms with E-state index >= 15 is 0 Å². The highest BCUT2D eigenvalue weighted by atomic mass is 16.5. The Bertz CT molecular complexity index is 476. The quantitative estimate of drug-likeness (QED) is 0.854. The van der Waals surface area contributed by atoms with E-state index in [9.17, 15) is 0 Å². The normalized spacial score (nSPS) is 12.9. The van der Waals surface area contributed by atoms with Crippen molar-refractivity contribution in [3.8, 4) is 0 Å². The molecule has 0 spiro atoms. The Labute approximate surface area is 99.8 Å². The van der Waals surface area contributed by atoms with Crippen molar-refractivity contribution in [3.05, 3.63) is 23.4 Å². The topological polar surface area (TPSA) is 80.5 Å². The van der Waals surface area contributed by atoms with Crippen LogP contribution in [-0.2, 0) is 12.8 Å². The highest BCUT2D eigenvalue weighted by Crippen LogP contribution is 2.17. The second kappa shape index (κ2) is 5.07. The maximum Gasteiger partial charge on any atom is 0.226 e. The number of nitrogens with zero attached hydrogens (tertiary/aromatic N) is 4. The Morgan fingerprint density at radius 3 is 2.76 bits per heavy atom. The van der Waals surface area contributed by atoms with Gasteiger partial charge >= 0.3 is 0 Å². The van der Waals surface area contributed by atoms with Crippen molar-refractivity contribution < 1.29 is 4.52 Å². The Morgan fingerprint density at radius 1 is 1.35 bits per heavy atom. The average molecular weight is 235 g/mol. The number of rotatable bonds is 5. The molecule has 0 saturated heterocycles. The zero-order valence-electron chi connectivity index (χ0n) is 10.4. The van der Waals surface area contributed by atoms with Crippen LogP contribution in [0.3, 0.4) is 0 Å². The van der Waals surface area contributed by atoms with Gasteiger partial charge in [-0.05, 0) is 13.3 Å². The minimum atomic E-state index is 0.313. The molecule has 0 amide bonds. The molecule has 6 heteroatoms. The Morgan fingerprint density at radius 2 is 2.18 bits per heavy atom. The Kier molecular flexibility index (Phi) is 3.51. The third-order valence-corrected chi connectivity index (χ3v) is 2.70. The lowest BCUT2D eigenvalue weighted by atomic mass is 10.1. The molecule has 0 fully saturated rings. The van der Waals surface area contributed by atoms with Gasteiger partial charge in [-0.3, -0.25) is 0 Å². The summed E-state index contributed by atoms with van der Waals surface area (Å²) in [6, 6.07) is 0. The minimum absolute atomic E-state index is 0.313. The lowest BCUT2D eigenvalue weighted by Crippen LogP contribution is -1.99. The van der Waals surface area contributed by atoms with Crippen LogP contribution in [0.4, 0.5) is 0 Å². The largest absolute Gasteiger partial charge is 0.339 e. The zero-order chi connectivity index (χ0) is 12.3. The molecule has 1 atom stereocenters. The van der Waals surface area contributed by atoms with E-state index in [1.165, 1.54) is 0 Å². The van der Waals surface area contributed by atoms with Crippen molar-refractivity contribution in [1.29, 1.82) is 0 Å². The van der Waals surface area contributed by atoms with Crippen LogP contribution in [0.25, 0.3) is 0 Å². The third kappa shape index (κ3) is 2.89. The van der Waals surface area contributed by atoms with Gasteiger partial charge in [-0.1, -0.05) is 19.0 Å². The van der Waals surface area contributed by atoms with Gasteiger partial charge < -0.3 is 9.51 Å². The second-order valence-electron chi connectivity index (χ2n) is 4.19.